The molecule has 33 heavy (non-hydrogen) atoms. The average molecular weight is 454 g/mol. The maximum Gasteiger partial charge on any atom is 0.222 e. The first-order valence-electron chi connectivity index (χ1n) is 11.2. The molecule has 0 spiro atoms. The number of benzene rings is 2. The van der Waals surface area contributed by atoms with Crippen molar-refractivity contribution in [3.05, 3.63) is 60.2 Å². The van der Waals surface area contributed by atoms with Gasteiger partial charge in [-0.25, -0.2) is 4.68 Å². The van der Waals surface area contributed by atoms with Crippen LogP contribution in [-0.2, 0) is 18.3 Å². The van der Waals surface area contributed by atoms with Crippen LogP contribution in [0.15, 0.2) is 54.6 Å². The maximum atomic E-state index is 10.4. The Bertz CT molecular complexity index is 987. The summed E-state index contributed by atoms with van der Waals surface area (Å²) in [5.74, 6) is 2.58. The molecule has 1 heterocycles. The molecule has 3 rings (SSSR count). The lowest BCUT2D eigenvalue weighted by atomic mass is 10.1. The molecular formula is C26H35N3O4. The van der Waals surface area contributed by atoms with Gasteiger partial charge < -0.3 is 19.3 Å². The monoisotopic (exact) mass is 453 g/mol. The largest absolute Gasteiger partial charge is 0.497 e. The zero-order chi connectivity index (χ0) is 23.8. The van der Waals surface area contributed by atoms with Gasteiger partial charge >= 0.3 is 0 Å². The van der Waals surface area contributed by atoms with Crippen LogP contribution in [0.2, 0.25) is 0 Å². The van der Waals surface area contributed by atoms with Crippen molar-refractivity contribution in [1.82, 2.24) is 14.7 Å². The van der Waals surface area contributed by atoms with Gasteiger partial charge in [-0.3, -0.25) is 4.90 Å². The van der Waals surface area contributed by atoms with Crippen molar-refractivity contribution in [3.8, 4) is 28.6 Å². The topological polar surface area (TPSA) is 69.0 Å². The molecule has 1 aromatic heterocycles. The normalized spacial score (nSPS) is 12.4. The van der Waals surface area contributed by atoms with Gasteiger partial charge in [-0.2, -0.15) is 5.10 Å². The number of ether oxygens (including phenoxy) is 3. The second kappa shape index (κ2) is 11.8. The van der Waals surface area contributed by atoms with Gasteiger partial charge in [0.05, 0.1) is 25.4 Å². The summed E-state index contributed by atoms with van der Waals surface area (Å²) in [5.41, 5.74) is 2.87. The number of aliphatic hydroxyl groups is 1. The van der Waals surface area contributed by atoms with Crippen LogP contribution in [0, 0.1) is 5.92 Å². The van der Waals surface area contributed by atoms with Gasteiger partial charge in [-0.05, 0) is 30.2 Å². The van der Waals surface area contributed by atoms with E-state index in [1.54, 1.807) is 18.9 Å². The van der Waals surface area contributed by atoms with Crippen molar-refractivity contribution >= 4 is 0 Å². The highest BCUT2D eigenvalue weighted by Crippen LogP contribution is 2.34. The van der Waals surface area contributed by atoms with Gasteiger partial charge in [-0.15, -0.1) is 0 Å². The third-order valence-corrected chi connectivity index (χ3v) is 5.24. The van der Waals surface area contributed by atoms with E-state index >= 15 is 0 Å². The second-order valence-corrected chi connectivity index (χ2v) is 8.60. The highest BCUT2D eigenvalue weighted by Gasteiger charge is 2.24. The van der Waals surface area contributed by atoms with E-state index in [1.165, 1.54) is 0 Å². The van der Waals surface area contributed by atoms with Gasteiger partial charge in [0.1, 0.15) is 17.2 Å². The molecule has 3 aromatic rings. The van der Waals surface area contributed by atoms with Crippen LogP contribution >= 0.6 is 0 Å². The Morgan fingerprint density at radius 3 is 2.24 bits per heavy atom. The molecule has 0 unspecified atom stereocenters. The number of nitrogens with zero attached hydrogens (tertiary/aromatic N) is 3. The minimum atomic E-state index is -0.573. The third kappa shape index (κ3) is 6.81. The molecule has 0 aliphatic carbocycles. The van der Waals surface area contributed by atoms with E-state index in [0.29, 0.717) is 37.2 Å². The fourth-order valence-electron chi connectivity index (χ4n) is 3.89. The fourth-order valence-corrected chi connectivity index (χ4v) is 3.89. The van der Waals surface area contributed by atoms with Crippen LogP contribution in [0.4, 0.5) is 0 Å². The highest BCUT2D eigenvalue weighted by atomic mass is 16.5. The lowest BCUT2D eigenvalue weighted by molar-refractivity contribution is 0.0330. The van der Waals surface area contributed by atoms with Crippen molar-refractivity contribution in [2.75, 3.05) is 33.9 Å². The molecule has 178 valence electrons. The SMILES string of the molecule is COC[C@H](O)CN(Cc1c(-c2ccccc2)nn(C)c1Oc1ccc(OC)cc1)CC(C)C. The van der Waals surface area contributed by atoms with Crippen molar-refractivity contribution in [3.63, 3.8) is 0 Å². The van der Waals surface area contributed by atoms with Gasteiger partial charge in [0.2, 0.25) is 5.88 Å². The third-order valence-electron chi connectivity index (χ3n) is 5.24. The summed E-state index contributed by atoms with van der Waals surface area (Å²) in [6.07, 6.45) is -0.573. The number of methoxy groups -OCH3 is 2. The van der Waals surface area contributed by atoms with E-state index < -0.39 is 6.10 Å². The first kappa shape index (κ1) is 24.8. The van der Waals surface area contributed by atoms with E-state index in [4.69, 9.17) is 19.3 Å². The molecule has 0 bridgehead atoms. The predicted molar refractivity (Wildman–Crippen MR) is 130 cm³/mol. The molecule has 1 atom stereocenters. The van der Waals surface area contributed by atoms with E-state index in [1.807, 2.05) is 49.5 Å². The van der Waals surface area contributed by atoms with Crippen LogP contribution in [0.25, 0.3) is 11.3 Å². The molecule has 0 fully saturated rings. The summed E-state index contributed by atoms with van der Waals surface area (Å²) in [6, 6.07) is 17.6. The van der Waals surface area contributed by atoms with E-state index in [0.717, 1.165) is 29.1 Å². The van der Waals surface area contributed by atoms with Crippen LogP contribution in [0.3, 0.4) is 0 Å². The molecule has 0 saturated heterocycles. The number of aromatic nitrogens is 2. The van der Waals surface area contributed by atoms with E-state index in [-0.39, 0.29) is 0 Å². The molecule has 0 aliphatic heterocycles. The summed E-state index contributed by atoms with van der Waals surface area (Å²) in [4.78, 5) is 2.23. The lowest BCUT2D eigenvalue weighted by Crippen LogP contribution is -2.36. The van der Waals surface area contributed by atoms with E-state index in [9.17, 15) is 5.11 Å². The van der Waals surface area contributed by atoms with Crippen molar-refractivity contribution in [1.29, 1.82) is 0 Å². The Kier molecular flexibility index (Phi) is 8.88. The quantitative estimate of drug-likeness (QED) is 0.440. The minimum Gasteiger partial charge on any atom is -0.497 e. The Morgan fingerprint density at radius 2 is 1.64 bits per heavy atom. The second-order valence-electron chi connectivity index (χ2n) is 8.60. The van der Waals surface area contributed by atoms with Crippen molar-refractivity contribution in [2.45, 2.75) is 26.5 Å². The lowest BCUT2D eigenvalue weighted by Gasteiger charge is -2.27. The maximum absolute atomic E-state index is 10.4. The first-order valence-corrected chi connectivity index (χ1v) is 11.2. The zero-order valence-electron chi connectivity index (χ0n) is 20.2. The van der Waals surface area contributed by atoms with Gasteiger partial charge in [0.25, 0.3) is 0 Å². The zero-order valence-corrected chi connectivity index (χ0v) is 20.2. The Morgan fingerprint density at radius 1 is 0.970 bits per heavy atom. The number of rotatable bonds is 12. The number of aryl methyl sites for hydroxylation is 1. The fraction of sp³-hybridized carbons (Fsp3) is 0.423. The number of aliphatic hydroxyl groups excluding tert-OH is 1. The highest BCUT2D eigenvalue weighted by molar-refractivity contribution is 5.65. The average Bonchev–Trinajstić information content (AvgIpc) is 3.09. The van der Waals surface area contributed by atoms with Crippen LogP contribution in [0.5, 0.6) is 17.4 Å². The molecule has 0 radical (unpaired) electrons. The molecule has 7 nitrogen and oxygen atoms in total. The number of hydrogen-bond donors (Lipinski definition) is 1. The van der Waals surface area contributed by atoms with Crippen LogP contribution < -0.4 is 9.47 Å². The van der Waals surface area contributed by atoms with Gasteiger partial charge in [0.15, 0.2) is 0 Å². The molecular weight excluding hydrogens is 418 g/mol. The summed E-state index contributed by atoms with van der Waals surface area (Å²) in [5, 5.41) is 15.2. The Hall–Kier alpha value is -2.87. The van der Waals surface area contributed by atoms with E-state index in [2.05, 4.69) is 30.9 Å². The molecule has 2 aromatic carbocycles. The molecule has 0 aliphatic rings. The Balaban J connectivity index is 1.99. The molecule has 0 saturated carbocycles. The van der Waals surface area contributed by atoms with Crippen molar-refractivity contribution < 1.29 is 19.3 Å². The molecule has 0 amide bonds. The summed E-state index contributed by atoms with van der Waals surface area (Å²) in [7, 11) is 5.13. The Labute approximate surface area is 196 Å². The predicted octanol–water partition coefficient (Wildman–Crippen LogP) is 4.35. The summed E-state index contributed by atoms with van der Waals surface area (Å²) >= 11 is 0. The molecule has 1 N–H and O–H groups in total. The van der Waals surface area contributed by atoms with Crippen LogP contribution in [0.1, 0.15) is 19.4 Å². The number of hydrogen-bond acceptors (Lipinski definition) is 6. The summed E-state index contributed by atoms with van der Waals surface area (Å²) < 4.78 is 18.5. The minimum absolute atomic E-state index is 0.294. The smallest absolute Gasteiger partial charge is 0.222 e. The molecule has 7 heteroatoms. The standard InChI is InChI=1S/C26H35N3O4/c1-19(2)15-29(16-21(30)18-31-4)17-24-25(20-9-7-6-8-10-20)27-28(3)26(24)33-23-13-11-22(32-5)12-14-23/h6-14,19,21,30H,15-18H2,1-5H3/t21-/m1/s1. The van der Waals surface area contributed by atoms with Gasteiger partial charge in [-0.1, -0.05) is 44.2 Å². The van der Waals surface area contributed by atoms with Crippen molar-refractivity contribution in [2.24, 2.45) is 13.0 Å². The summed E-state index contributed by atoms with van der Waals surface area (Å²) in [6.45, 7) is 6.55. The van der Waals surface area contributed by atoms with Gasteiger partial charge in [0, 0.05) is 39.4 Å². The van der Waals surface area contributed by atoms with Crippen LogP contribution in [-0.4, -0.2) is 59.8 Å². The first-order chi connectivity index (χ1) is 15.9.